The molecule has 1 aliphatic rings. The maximum absolute atomic E-state index is 12.3. The average molecular weight is 621 g/mol. The summed E-state index contributed by atoms with van der Waals surface area (Å²) in [6.07, 6.45) is 3.17. The summed E-state index contributed by atoms with van der Waals surface area (Å²) < 4.78 is 7.75. The van der Waals surface area contributed by atoms with E-state index < -0.39 is 6.03 Å². The molecule has 1 N–H and O–H groups in total. The van der Waals surface area contributed by atoms with Gasteiger partial charge in [-0.15, -0.1) is 6.58 Å². The lowest BCUT2D eigenvalue weighted by atomic mass is 10.2. The van der Waals surface area contributed by atoms with Crippen molar-refractivity contribution in [2.45, 2.75) is 6.61 Å². The van der Waals surface area contributed by atoms with Gasteiger partial charge in [0.2, 0.25) is 0 Å². The Morgan fingerprint density at radius 1 is 1.18 bits per heavy atom. The topological polar surface area (TPSA) is 58.6 Å². The number of halogens is 3. The lowest BCUT2D eigenvalue weighted by Crippen LogP contribution is -2.30. The van der Waals surface area contributed by atoms with Gasteiger partial charge in [0, 0.05) is 17.1 Å². The third-order valence-corrected chi connectivity index (χ3v) is 5.91. The molecule has 144 valence electrons. The van der Waals surface area contributed by atoms with Crippen LogP contribution in [-0.2, 0) is 11.4 Å². The summed E-state index contributed by atoms with van der Waals surface area (Å²) in [7, 11) is 0. The highest BCUT2D eigenvalue weighted by Crippen LogP contribution is 2.31. The SMILES string of the molecule is C=CCN1C(=O)N/C(=C/c2cc(I)c(OCc3ccccc3Cl)c(I)c2)C1=O. The molecule has 0 radical (unpaired) electrons. The number of urea groups is 1. The van der Waals surface area contributed by atoms with Crippen LogP contribution in [0.15, 0.2) is 54.8 Å². The van der Waals surface area contributed by atoms with E-state index in [9.17, 15) is 9.59 Å². The minimum absolute atomic E-state index is 0.173. The Morgan fingerprint density at radius 3 is 2.50 bits per heavy atom. The zero-order valence-corrected chi connectivity index (χ0v) is 19.6. The Balaban J connectivity index is 1.80. The number of rotatable bonds is 6. The predicted octanol–water partition coefficient (Wildman–Crippen LogP) is 5.21. The van der Waals surface area contributed by atoms with Gasteiger partial charge in [-0.05, 0) is 75.0 Å². The first-order chi connectivity index (χ1) is 13.4. The molecular weight excluding hydrogens is 605 g/mol. The lowest BCUT2D eigenvalue weighted by Gasteiger charge is -2.12. The summed E-state index contributed by atoms with van der Waals surface area (Å²) in [5, 5.41) is 3.25. The normalized spacial score (nSPS) is 15.1. The third-order valence-electron chi connectivity index (χ3n) is 3.94. The molecule has 28 heavy (non-hydrogen) atoms. The molecule has 2 aromatic rings. The molecule has 0 aliphatic carbocycles. The van der Waals surface area contributed by atoms with E-state index >= 15 is 0 Å². The number of ether oxygens (including phenoxy) is 1. The number of nitrogens with zero attached hydrogens (tertiary/aromatic N) is 1. The van der Waals surface area contributed by atoms with Crippen molar-refractivity contribution in [1.29, 1.82) is 0 Å². The van der Waals surface area contributed by atoms with E-state index in [0.717, 1.165) is 28.9 Å². The molecule has 0 unspecified atom stereocenters. The van der Waals surface area contributed by atoms with E-state index in [2.05, 4.69) is 57.1 Å². The molecule has 0 saturated carbocycles. The second kappa shape index (κ2) is 9.27. The molecule has 2 aromatic carbocycles. The van der Waals surface area contributed by atoms with Crippen LogP contribution in [0.25, 0.3) is 6.08 Å². The van der Waals surface area contributed by atoms with Crippen LogP contribution in [0.5, 0.6) is 5.75 Å². The number of benzene rings is 2. The van der Waals surface area contributed by atoms with Crippen molar-refractivity contribution in [2.24, 2.45) is 0 Å². The molecule has 0 bridgehead atoms. The molecule has 5 nitrogen and oxygen atoms in total. The van der Waals surface area contributed by atoms with E-state index in [1.807, 2.05) is 36.4 Å². The molecule has 3 rings (SSSR count). The molecule has 1 fully saturated rings. The quantitative estimate of drug-likeness (QED) is 0.209. The molecular formula is C20H15ClI2N2O3. The molecule has 1 aliphatic heterocycles. The fourth-order valence-corrected chi connectivity index (χ4v) is 4.92. The van der Waals surface area contributed by atoms with E-state index in [-0.39, 0.29) is 18.1 Å². The largest absolute Gasteiger partial charge is 0.487 e. The zero-order chi connectivity index (χ0) is 20.3. The first kappa shape index (κ1) is 21.1. The van der Waals surface area contributed by atoms with Gasteiger partial charge in [0.1, 0.15) is 18.1 Å². The number of hydrogen-bond acceptors (Lipinski definition) is 3. The fraction of sp³-hybridized carbons (Fsp3) is 0.100. The standard InChI is InChI=1S/C20H15ClI2N2O3/c1-2-7-25-19(26)17(24-20(25)27)10-12-8-15(22)18(16(23)9-12)28-11-13-5-3-4-6-14(13)21/h2-6,8-10H,1,7,11H2,(H,24,27)/b17-10+. The van der Waals surface area contributed by atoms with Gasteiger partial charge in [-0.1, -0.05) is 35.9 Å². The summed E-state index contributed by atoms with van der Waals surface area (Å²) in [5.74, 6) is 0.382. The highest BCUT2D eigenvalue weighted by molar-refractivity contribution is 14.1. The van der Waals surface area contributed by atoms with Gasteiger partial charge in [-0.2, -0.15) is 0 Å². The second-order valence-corrected chi connectivity index (χ2v) is 8.62. The first-order valence-corrected chi connectivity index (χ1v) is 10.7. The highest BCUT2D eigenvalue weighted by Gasteiger charge is 2.32. The van der Waals surface area contributed by atoms with Gasteiger partial charge < -0.3 is 10.1 Å². The van der Waals surface area contributed by atoms with Gasteiger partial charge in [0.05, 0.1) is 7.14 Å². The van der Waals surface area contributed by atoms with E-state index in [0.29, 0.717) is 11.6 Å². The zero-order valence-electron chi connectivity index (χ0n) is 14.5. The predicted molar refractivity (Wildman–Crippen MR) is 126 cm³/mol. The van der Waals surface area contributed by atoms with Gasteiger partial charge in [0.15, 0.2) is 0 Å². The molecule has 1 heterocycles. The van der Waals surface area contributed by atoms with Crippen molar-refractivity contribution in [2.75, 3.05) is 6.54 Å². The van der Waals surface area contributed by atoms with Gasteiger partial charge in [-0.3, -0.25) is 9.69 Å². The Morgan fingerprint density at radius 2 is 1.86 bits per heavy atom. The van der Waals surface area contributed by atoms with Gasteiger partial charge >= 0.3 is 6.03 Å². The van der Waals surface area contributed by atoms with Crippen LogP contribution in [0.2, 0.25) is 5.02 Å². The van der Waals surface area contributed by atoms with Crippen LogP contribution < -0.4 is 10.1 Å². The van der Waals surface area contributed by atoms with E-state index in [1.165, 1.54) is 6.08 Å². The van der Waals surface area contributed by atoms with Crippen molar-refractivity contribution in [1.82, 2.24) is 10.2 Å². The lowest BCUT2D eigenvalue weighted by molar-refractivity contribution is -0.122. The van der Waals surface area contributed by atoms with Crippen molar-refractivity contribution < 1.29 is 14.3 Å². The van der Waals surface area contributed by atoms with Crippen LogP contribution in [0, 0.1) is 7.14 Å². The number of carbonyl (C=O) groups is 2. The molecule has 3 amide bonds. The Hall–Kier alpha value is -1.59. The fourth-order valence-electron chi connectivity index (χ4n) is 2.60. The number of imide groups is 1. The van der Waals surface area contributed by atoms with Crippen LogP contribution in [0.3, 0.4) is 0 Å². The summed E-state index contributed by atoms with van der Waals surface area (Å²) in [6, 6.07) is 10.9. The monoisotopic (exact) mass is 620 g/mol. The minimum Gasteiger partial charge on any atom is -0.487 e. The van der Waals surface area contributed by atoms with Crippen LogP contribution in [-0.4, -0.2) is 23.4 Å². The van der Waals surface area contributed by atoms with Crippen molar-refractivity contribution in [3.63, 3.8) is 0 Å². The molecule has 0 aromatic heterocycles. The first-order valence-electron chi connectivity index (χ1n) is 8.21. The Labute approximate surface area is 195 Å². The maximum Gasteiger partial charge on any atom is 0.329 e. The summed E-state index contributed by atoms with van der Waals surface area (Å²) >= 11 is 10.6. The van der Waals surface area contributed by atoms with Crippen LogP contribution in [0.4, 0.5) is 4.79 Å². The smallest absolute Gasteiger partial charge is 0.329 e. The average Bonchev–Trinajstić information content (AvgIpc) is 2.90. The summed E-state index contributed by atoms with van der Waals surface area (Å²) in [5.41, 5.74) is 1.94. The number of hydrogen-bond donors (Lipinski definition) is 1. The third kappa shape index (κ3) is 4.69. The number of nitrogens with one attached hydrogen (secondary N) is 1. The van der Waals surface area contributed by atoms with Crippen molar-refractivity contribution >= 4 is 74.8 Å². The second-order valence-electron chi connectivity index (χ2n) is 5.89. The minimum atomic E-state index is -0.444. The number of carbonyl (C=O) groups excluding carboxylic acids is 2. The molecule has 0 atom stereocenters. The maximum atomic E-state index is 12.3. The van der Waals surface area contributed by atoms with Crippen molar-refractivity contribution in [3.8, 4) is 5.75 Å². The van der Waals surface area contributed by atoms with Gasteiger partial charge in [0.25, 0.3) is 5.91 Å². The summed E-state index contributed by atoms with van der Waals surface area (Å²) in [6.45, 7) is 4.09. The molecule has 8 heteroatoms. The van der Waals surface area contributed by atoms with E-state index in [1.54, 1.807) is 6.08 Å². The van der Waals surface area contributed by atoms with Crippen molar-refractivity contribution in [3.05, 3.63) is 78.0 Å². The highest BCUT2D eigenvalue weighted by atomic mass is 127. The Bertz CT molecular complexity index is 968. The van der Waals surface area contributed by atoms with E-state index in [4.69, 9.17) is 16.3 Å². The van der Waals surface area contributed by atoms with Crippen LogP contribution in [0.1, 0.15) is 11.1 Å². The number of amides is 3. The molecule has 1 saturated heterocycles. The van der Waals surface area contributed by atoms with Crippen LogP contribution >= 0.6 is 56.8 Å². The summed E-state index contributed by atoms with van der Waals surface area (Å²) in [4.78, 5) is 25.3. The van der Waals surface area contributed by atoms with Gasteiger partial charge in [-0.25, -0.2) is 4.79 Å². The Kier molecular flexibility index (Phi) is 7.00. The molecule has 0 spiro atoms.